The van der Waals surface area contributed by atoms with Crippen molar-refractivity contribution >= 4 is 55.7 Å². The van der Waals surface area contributed by atoms with E-state index in [2.05, 4.69) is 34.6 Å². The number of aromatic nitrogens is 1. The Morgan fingerprint density at radius 3 is 2.76 bits per heavy atom. The topological polar surface area (TPSA) is 42.0 Å². The van der Waals surface area contributed by atoms with E-state index in [0.29, 0.717) is 6.42 Å². The quantitative estimate of drug-likeness (QED) is 0.496. The van der Waals surface area contributed by atoms with Gasteiger partial charge in [0.1, 0.15) is 0 Å². The molecule has 0 saturated heterocycles. The summed E-state index contributed by atoms with van der Waals surface area (Å²) in [5.74, 6) is -0.00997. The molecular weight excluding hydrogens is 348 g/mol. The van der Waals surface area contributed by atoms with Gasteiger partial charge in [0.15, 0.2) is 4.34 Å². The number of carbonyl (C=O) groups is 1. The predicted octanol–water partition coefficient (Wildman–Crippen LogP) is 5.35. The van der Waals surface area contributed by atoms with Crippen LogP contribution in [0.4, 0.5) is 5.69 Å². The van der Waals surface area contributed by atoms with Gasteiger partial charge in [0.25, 0.3) is 0 Å². The lowest BCUT2D eigenvalue weighted by atomic mass is 10.0. The third-order valence-corrected chi connectivity index (χ3v) is 6.01. The molecule has 1 aromatic heterocycles. The molecular formula is C20H16N2OS2. The van der Waals surface area contributed by atoms with Crippen molar-refractivity contribution in [3.05, 3.63) is 66.2 Å². The minimum atomic E-state index is -0.00997. The van der Waals surface area contributed by atoms with Gasteiger partial charge in [-0.1, -0.05) is 54.2 Å². The van der Waals surface area contributed by atoms with Gasteiger partial charge in [-0.05, 0) is 40.8 Å². The lowest BCUT2D eigenvalue weighted by Gasteiger charge is -2.06. The SMILES string of the molecule is CSc1nc2ccc(NC(=O)Cc3ccc4ccccc4c3)cc2s1. The van der Waals surface area contributed by atoms with Crippen LogP contribution < -0.4 is 5.32 Å². The van der Waals surface area contributed by atoms with E-state index in [1.807, 2.05) is 42.7 Å². The number of thioether (sulfide) groups is 1. The van der Waals surface area contributed by atoms with Crippen molar-refractivity contribution in [3.63, 3.8) is 0 Å². The van der Waals surface area contributed by atoms with Crippen molar-refractivity contribution in [1.82, 2.24) is 4.98 Å². The van der Waals surface area contributed by atoms with Crippen molar-refractivity contribution in [2.24, 2.45) is 0 Å². The second-order valence-corrected chi connectivity index (χ2v) is 7.86. The lowest BCUT2D eigenvalue weighted by Crippen LogP contribution is -2.14. The molecule has 0 aliphatic rings. The molecule has 124 valence electrons. The van der Waals surface area contributed by atoms with Gasteiger partial charge in [-0.15, -0.1) is 11.3 Å². The van der Waals surface area contributed by atoms with Crippen molar-refractivity contribution in [1.29, 1.82) is 0 Å². The molecule has 4 aromatic rings. The smallest absolute Gasteiger partial charge is 0.228 e. The fourth-order valence-electron chi connectivity index (χ4n) is 2.81. The van der Waals surface area contributed by atoms with Crippen LogP contribution in [0.15, 0.2) is 65.0 Å². The van der Waals surface area contributed by atoms with E-state index in [0.717, 1.165) is 31.2 Å². The molecule has 3 nitrogen and oxygen atoms in total. The number of anilines is 1. The lowest BCUT2D eigenvalue weighted by molar-refractivity contribution is -0.115. The van der Waals surface area contributed by atoms with Crippen LogP contribution in [-0.4, -0.2) is 17.1 Å². The Morgan fingerprint density at radius 2 is 1.92 bits per heavy atom. The standard InChI is InChI=1S/C20H16N2OS2/c1-24-20-22-17-9-8-16(12-18(17)25-20)21-19(23)11-13-6-7-14-4-2-3-5-15(14)10-13/h2-10,12H,11H2,1H3,(H,21,23). The first kappa shape index (κ1) is 16.1. The molecule has 1 N–H and O–H groups in total. The van der Waals surface area contributed by atoms with Crippen LogP contribution in [0.1, 0.15) is 5.56 Å². The summed E-state index contributed by atoms with van der Waals surface area (Å²) in [7, 11) is 0. The highest BCUT2D eigenvalue weighted by molar-refractivity contribution is 8.00. The third kappa shape index (κ3) is 3.52. The summed E-state index contributed by atoms with van der Waals surface area (Å²) >= 11 is 3.28. The third-order valence-electron chi connectivity index (χ3n) is 4.01. The number of nitrogens with one attached hydrogen (secondary N) is 1. The molecule has 25 heavy (non-hydrogen) atoms. The van der Waals surface area contributed by atoms with Crippen molar-refractivity contribution in [3.8, 4) is 0 Å². The Kier molecular flexibility index (Phi) is 4.42. The van der Waals surface area contributed by atoms with Crippen LogP contribution in [-0.2, 0) is 11.2 Å². The highest BCUT2D eigenvalue weighted by Gasteiger charge is 2.08. The maximum Gasteiger partial charge on any atom is 0.228 e. The number of carbonyl (C=O) groups excluding carboxylic acids is 1. The average molecular weight is 364 g/mol. The highest BCUT2D eigenvalue weighted by Crippen LogP contribution is 2.30. The molecule has 3 aromatic carbocycles. The summed E-state index contributed by atoms with van der Waals surface area (Å²) in [6.07, 6.45) is 2.38. The summed E-state index contributed by atoms with van der Waals surface area (Å²) in [4.78, 5) is 16.9. The van der Waals surface area contributed by atoms with Crippen molar-refractivity contribution < 1.29 is 4.79 Å². The maximum absolute atomic E-state index is 12.4. The van der Waals surface area contributed by atoms with Crippen molar-refractivity contribution in [2.45, 2.75) is 10.8 Å². The summed E-state index contributed by atoms with van der Waals surface area (Å²) in [5, 5.41) is 5.33. The molecule has 4 rings (SSSR count). The predicted molar refractivity (Wildman–Crippen MR) is 108 cm³/mol. The van der Waals surface area contributed by atoms with Crippen LogP contribution in [0.25, 0.3) is 21.0 Å². The van der Waals surface area contributed by atoms with E-state index in [1.165, 1.54) is 5.39 Å². The Balaban J connectivity index is 1.50. The number of thiazole rings is 1. The van der Waals surface area contributed by atoms with Gasteiger partial charge in [-0.3, -0.25) is 4.79 Å². The minimum Gasteiger partial charge on any atom is -0.326 e. The van der Waals surface area contributed by atoms with E-state index < -0.39 is 0 Å². The number of benzene rings is 3. The fraction of sp³-hybridized carbons (Fsp3) is 0.100. The number of rotatable bonds is 4. The van der Waals surface area contributed by atoms with E-state index in [4.69, 9.17) is 0 Å². The van der Waals surface area contributed by atoms with Gasteiger partial charge in [-0.25, -0.2) is 4.98 Å². The zero-order chi connectivity index (χ0) is 17.2. The molecule has 5 heteroatoms. The molecule has 0 spiro atoms. The maximum atomic E-state index is 12.4. The first-order valence-corrected chi connectivity index (χ1v) is 9.97. The molecule has 0 radical (unpaired) electrons. The molecule has 1 heterocycles. The number of hydrogen-bond acceptors (Lipinski definition) is 4. The van der Waals surface area contributed by atoms with Crippen LogP contribution in [0.5, 0.6) is 0 Å². The van der Waals surface area contributed by atoms with Crippen LogP contribution in [0.3, 0.4) is 0 Å². The second kappa shape index (κ2) is 6.86. The fourth-order valence-corrected chi connectivity index (χ4v) is 4.34. The molecule has 0 aliphatic heterocycles. The highest BCUT2D eigenvalue weighted by atomic mass is 32.2. The van der Waals surface area contributed by atoms with Gasteiger partial charge in [-0.2, -0.15) is 0 Å². The zero-order valence-corrected chi connectivity index (χ0v) is 15.3. The number of nitrogens with zero attached hydrogens (tertiary/aromatic N) is 1. The van der Waals surface area contributed by atoms with Crippen LogP contribution in [0, 0.1) is 0 Å². The molecule has 0 aliphatic carbocycles. The molecule has 0 fully saturated rings. The van der Waals surface area contributed by atoms with Gasteiger partial charge in [0.05, 0.1) is 16.6 Å². The van der Waals surface area contributed by atoms with Crippen LogP contribution >= 0.6 is 23.1 Å². The van der Waals surface area contributed by atoms with Gasteiger partial charge < -0.3 is 5.32 Å². The van der Waals surface area contributed by atoms with Gasteiger partial charge in [0, 0.05) is 5.69 Å². The summed E-state index contributed by atoms with van der Waals surface area (Å²) in [6.45, 7) is 0. The molecule has 0 unspecified atom stereocenters. The van der Waals surface area contributed by atoms with E-state index >= 15 is 0 Å². The van der Waals surface area contributed by atoms with Gasteiger partial charge in [0.2, 0.25) is 5.91 Å². The zero-order valence-electron chi connectivity index (χ0n) is 13.7. The molecule has 0 saturated carbocycles. The monoisotopic (exact) mass is 364 g/mol. The minimum absolute atomic E-state index is 0.00997. The number of hydrogen-bond donors (Lipinski definition) is 1. The van der Waals surface area contributed by atoms with Crippen molar-refractivity contribution in [2.75, 3.05) is 11.6 Å². The Hall–Kier alpha value is -2.37. The first-order chi connectivity index (χ1) is 12.2. The number of amides is 1. The largest absolute Gasteiger partial charge is 0.326 e. The number of fused-ring (bicyclic) bond motifs is 2. The average Bonchev–Trinajstić information content (AvgIpc) is 3.04. The Bertz CT molecular complexity index is 1070. The van der Waals surface area contributed by atoms with E-state index in [-0.39, 0.29) is 5.91 Å². The summed E-state index contributed by atoms with van der Waals surface area (Å²) < 4.78 is 2.13. The molecule has 1 amide bonds. The summed E-state index contributed by atoms with van der Waals surface area (Å²) in [5.41, 5.74) is 2.80. The van der Waals surface area contributed by atoms with Crippen LogP contribution in [0.2, 0.25) is 0 Å². The normalized spacial score (nSPS) is 11.1. The van der Waals surface area contributed by atoms with E-state index in [9.17, 15) is 4.79 Å². The summed E-state index contributed by atoms with van der Waals surface area (Å²) in [6, 6.07) is 20.2. The molecule has 0 bridgehead atoms. The van der Waals surface area contributed by atoms with Gasteiger partial charge >= 0.3 is 0 Å². The first-order valence-electron chi connectivity index (χ1n) is 7.93. The molecule has 0 atom stereocenters. The van der Waals surface area contributed by atoms with E-state index in [1.54, 1.807) is 23.1 Å². The second-order valence-electron chi connectivity index (χ2n) is 5.77. The Labute approximate surface area is 154 Å². The Morgan fingerprint density at radius 1 is 1.08 bits per heavy atom.